The van der Waals surface area contributed by atoms with Gasteiger partial charge >= 0.3 is 0 Å². The maximum Gasteiger partial charge on any atom is 0.220 e. The number of nitrogens with one attached hydrogen (secondary N) is 1. The minimum atomic E-state index is -1.56. The standard InChI is InChI=1S/C40H77NO8/c1-3-5-7-9-11-13-15-16-17-18-19-20-21-23-25-27-29-34(43)33(32-48-40-39(47)38(46)37(45)35(31-42)49-40)41-36(44)30-28-26-24-22-14-12-10-8-6-4-2/h27,29,33-35,37-40,42-43,45-47H,3-26,28,30-32H2,1-2H3,(H,41,44)/b29-27+/t33-,34+,35+,37+,38?,39?,40+/m0/s1. The number of aliphatic hydroxyl groups is 5. The molecule has 7 atom stereocenters. The molecule has 9 nitrogen and oxygen atoms in total. The molecular weight excluding hydrogens is 622 g/mol. The lowest BCUT2D eigenvalue weighted by molar-refractivity contribution is -0.302. The van der Waals surface area contributed by atoms with Gasteiger partial charge in [0.25, 0.3) is 0 Å². The normalized spacial score (nSPS) is 22.5. The molecule has 0 aromatic rings. The summed E-state index contributed by atoms with van der Waals surface area (Å²) >= 11 is 0. The quantitative estimate of drug-likeness (QED) is 0.0307. The van der Waals surface area contributed by atoms with E-state index in [9.17, 15) is 30.3 Å². The predicted molar refractivity (Wildman–Crippen MR) is 198 cm³/mol. The molecule has 1 aliphatic rings. The molecule has 1 saturated heterocycles. The first-order valence-corrected chi connectivity index (χ1v) is 20.4. The number of ether oxygens (including phenoxy) is 2. The molecule has 6 N–H and O–H groups in total. The van der Waals surface area contributed by atoms with Crippen molar-refractivity contribution in [2.75, 3.05) is 13.2 Å². The van der Waals surface area contributed by atoms with E-state index in [-0.39, 0.29) is 12.5 Å². The number of aliphatic hydroxyl groups excluding tert-OH is 5. The Morgan fingerprint density at radius 2 is 1.12 bits per heavy atom. The van der Waals surface area contributed by atoms with E-state index < -0.39 is 49.5 Å². The highest BCUT2D eigenvalue weighted by Crippen LogP contribution is 2.22. The fourth-order valence-corrected chi connectivity index (χ4v) is 6.51. The highest BCUT2D eigenvalue weighted by atomic mass is 16.7. The number of unbranched alkanes of at least 4 members (excludes halogenated alkanes) is 23. The number of amides is 1. The van der Waals surface area contributed by atoms with Crippen LogP contribution in [0.25, 0.3) is 0 Å². The van der Waals surface area contributed by atoms with Crippen LogP contribution in [-0.4, -0.2) is 87.5 Å². The van der Waals surface area contributed by atoms with Gasteiger partial charge in [0.05, 0.1) is 25.4 Å². The first-order valence-electron chi connectivity index (χ1n) is 20.4. The third-order valence-corrected chi connectivity index (χ3v) is 9.86. The number of hydrogen-bond donors (Lipinski definition) is 6. The maximum absolute atomic E-state index is 12.8. The van der Waals surface area contributed by atoms with E-state index in [4.69, 9.17) is 9.47 Å². The van der Waals surface area contributed by atoms with Crippen LogP contribution in [0, 0.1) is 0 Å². The second-order valence-corrected chi connectivity index (χ2v) is 14.4. The van der Waals surface area contributed by atoms with E-state index in [2.05, 4.69) is 19.2 Å². The summed E-state index contributed by atoms with van der Waals surface area (Å²) in [6.07, 6.45) is 26.8. The van der Waals surface area contributed by atoms with E-state index >= 15 is 0 Å². The van der Waals surface area contributed by atoms with E-state index in [1.165, 1.54) is 122 Å². The second-order valence-electron chi connectivity index (χ2n) is 14.4. The molecule has 1 amide bonds. The summed E-state index contributed by atoms with van der Waals surface area (Å²) in [6.45, 7) is 3.74. The molecule has 1 rings (SSSR count). The molecule has 0 radical (unpaired) electrons. The Bertz CT molecular complexity index is 781. The SMILES string of the molecule is CCCCCCCCCCCCCCCC/C=C/[C@@H](O)[C@H](CO[C@@H]1O[C@H](CO)[C@@H](O)C(O)C1O)NC(=O)CCCCCCCCCCCC. The van der Waals surface area contributed by atoms with Crippen molar-refractivity contribution in [2.24, 2.45) is 0 Å². The zero-order valence-electron chi connectivity index (χ0n) is 31.5. The zero-order chi connectivity index (χ0) is 36.0. The minimum Gasteiger partial charge on any atom is -0.394 e. The molecule has 0 spiro atoms. The van der Waals surface area contributed by atoms with Gasteiger partial charge in [0, 0.05) is 6.42 Å². The molecule has 1 aliphatic heterocycles. The van der Waals surface area contributed by atoms with Gasteiger partial charge < -0.3 is 40.3 Å². The summed E-state index contributed by atoms with van der Waals surface area (Å²) < 4.78 is 11.2. The van der Waals surface area contributed by atoms with Crippen molar-refractivity contribution in [1.82, 2.24) is 5.32 Å². The summed E-state index contributed by atoms with van der Waals surface area (Å²) in [5, 5.41) is 53.9. The smallest absolute Gasteiger partial charge is 0.220 e. The van der Waals surface area contributed by atoms with Gasteiger partial charge in [-0.2, -0.15) is 0 Å². The number of hydrogen-bond acceptors (Lipinski definition) is 8. The molecule has 2 unspecified atom stereocenters. The molecule has 9 heteroatoms. The van der Waals surface area contributed by atoms with Crippen LogP contribution in [0.5, 0.6) is 0 Å². The number of carbonyl (C=O) groups excluding carboxylic acids is 1. The third kappa shape index (κ3) is 23.2. The highest BCUT2D eigenvalue weighted by Gasteiger charge is 2.44. The van der Waals surface area contributed by atoms with Crippen LogP contribution in [0.4, 0.5) is 0 Å². The summed E-state index contributed by atoms with van der Waals surface area (Å²) in [4.78, 5) is 12.8. The summed E-state index contributed by atoms with van der Waals surface area (Å²) in [6, 6.07) is -0.796. The van der Waals surface area contributed by atoms with Crippen molar-refractivity contribution in [3.63, 3.8) is 0 Å². The van der Waals surface area contributed by atoms with Crippen LogP contribution in [0.2, 0.25) is 0 Å². The van der Waals surface area contributed by atoms with Crippen molar-refractivity contribution in [2.45, 2.75) is 224 Å². The Kier molecular flexibility index (Phi) is 29.7. The van der Waals surface area contributed by atoms with Gasteiger partial charge in [0.15, 0.2) is 6.29 Å². The topological polar surface area (TPSA) is 149 Å². The van der Waals surface area contributed by atoms with Crippen LogP contribution in [0.1, 0.15) is 181 Å². The highest BCUT2D eigenvalue weighted by molar-refractivity contribution is 5.76. The van der Waals surface area contributed by atoms with E-state index in [0.29, 0.717) is 6.42 Å². The molecule has 0 aromatic carbocycles. The van der Waals surface area contributed by atoms with Crippen LogP contribution in [0.15, 0.2) is 12.2 Å². The first kappa shape index (κ1) is 46.0. The van der Waals surface area contributed by atoms with Gasteiger partial charge in [-0.15, -0.1) is 0 Å². The minimum absolute atomic E-state index is 0.179. The third-order valence-electron chi connectivity index (χ3n) is 9.86. The second kappa shape index (κ2) is 31.6. The molecule has 0 aromatic heterocycles. The van der Waals surface area contributed by atoms with Gasteiger partial charge in [0.1, 0.15) is 24.4 Å². The molecule has 1 heterocycles. The average molecular weight is 700 g/mol. The fraction of sp³-hybridized carbons (Fsp3) is 0.925. The molecule has 1 fully saturated rings. The Hall–Kier alpha value is -1.07. The van der Waals surface area contributed by atoms with Gasteiger partial charge in [-0.3, -0.25) is 4.79 Å². The number of rotatable bonds is 33. The summed E-state index contributed by atoms with van der Waals surface area (Å²) in [5.41, 5.74) is 0. The lowest BCUT2D eigenvalue weighted by Gasteiger charge is -2.40. The van der Waals surface area contributed by atoms with Crippen molar-refractivity contribution in [1.29, 1.82) is 0 Å². The Morgan fingerprint density at radius 1 is 0.673 bits per heavy atom. The first-order chi connectivity index (χ1) is 23.8. The van der Waals surface area contributed by atoms with Crippen LogP contribution in [-0.2, 0) is 14.3 Å². The van der Waals surface area contributed by atoms with Crippen LogP contribution < -0.4 is 5.32 Å². The lowest BCUT2D eigenvalue weighted by Crippen LogP contribution is -2.60. The lowest BCUT2D eigenvalue weighted by atomic mass is 9.99. The predicted octanol–water partition coefficient (Wildman–Crippen LogP) is 7.39. The van der Waals surface area contributed by atoms with Crippen molar-refractivity contribution in [3.05, 3.63) is 12.2 Å². The maximum atomic E-state index is 12.8. The molecular formula is C40H77NO8. The van der Waals surface area contributed by atoms with Crippen molar-refractivity contribution < 1.29 is 39.8 Å². The van der Waals surface area contributed by atoms with Crippen LogP contribution >= 0.6 is 0 Å². The molecule has 0 bridgehead atoms. The Balaban J connectivity index is 2.41. The van der Waals surface area contributed by atoms with Crippen LogP contribution in [0.3, 0.4) is 0 Å². The molecule has 0 aliphatic carbocycles. The summed E-state index contributed by atoms with van der Waals surface area (Å²) in [7, 11) is 0. The zero-order valence-corrected chi connectivity index (χ0v) is 31.5. The van der Waals surface area contributed by atoms with Crippen molar-refractivity contribution in [3.8, 4) is 0 Å². The van der Waals surface area contributed by atoms with Gasteiger partial charge in [-0.25, -0.2) is 0 Å². The monoisotopic (exact) mass is 700 g/mol. The number of allylic oxidation sites excluding steroid dienone is 1. The van der Waals surface area contributed by atoms with Gasteiger partial charge in [-0.05, 0) is 19.3 Å². The van der Waals surface area contributed by atoms with Gasteiger partial charge in [-0.1, -0.05) is 167 Å². The molecule has 49 heavy (non-hydrogen) atoms. The van der Waals surface area contributed by atoms with Gasteiger partial charge in [0.2, 0.25) is 5.91 Å². The fourth-order valence-electron chi connectivity index (χ4n) is 6.51. The average Bonchev–Trinajstić information content (AvgIpc) is 3.10. The summed E-state index contributed by atoms with van der Waals surface area (Å²) in [5.74, 6) is -0.179. The van der Waals surface area contributed by atoms with E-state index in [1.54, 1.807) is 6.08 Å². The number of carbonyl (C=O) groups is 1. The molecule has 0 saturated carbocycles. The largest absolute Gasteiger partial charge is 0.394 e. The molecule has 290 valence electrons. The van der Waals surface area contributed by atoms with E-state index in [0.717, 1.165) is 38.5 Å². The Labute approximate surface area is 299 Å². The Morgan fingerprint density at radius 3 is 1.59 bits per heavy atom. The van der Waals surface area contributed by atoms with E-state index in [1.807, 2.05) is 6.08 Å². The van der Waals surface area contributed by atoms with Crippen molar-refractivity contribution >= 4 is 5.91 Å².